The molecule has 8 nitrogen and oxygen atoms in total. The van der Waals surface area contributed by atoms with Crippen molar-refractivity contribution in [2.24, 2.45) is 0 Å². The lowest BCUT2D eigenvalue weighted by molar-refractivity contribution is 0.100. The van der Waals surface area contributed by atoms with E-state index in [0.717, 1.165) is 0 Å². The molecule has 0 spiro atoms. The number of carbonyl (C=O) groups is 1. The topological polar surface area (TPSA) is 121 Å². The fourth-order valence-electron chi connectivity index (χ4n) is 2.29. The van der Waals surface area contributed by atoms with Crippen LogP contribution >= 0.6 is 11.6 Å². The van der Waals surface area contributed by atoms with Gasteiger partial charge < -0.3 is 10.4 Å². The molecule has 0 amide bonds. The van der Waals surface area contributed by atoms with Crippen molar-refractivity contribution < 1.29 is 18.3 Å². The number of anilines is 2. The van der Waals surface area contributed by atoms with Crippen molar-refractivity contribution >= 4 is 39.0 Å². The van der Waals surface area contributed by atoms with Crippen LogP contribution in [0.4, 0.5) is 11.6 Å². The van der Waals surface area contributed by atoms with Gasteiger partial charge in [0.25, 0.3) is 10.0 Å². The largest absolute Gasteiger partial charge is 0.507 e. The summed E-state index contributed by atoms with van der Waals surface area (Å²) in [5.41, 5.74) is 0.635. The maximum atomic E-state index is 12.3. The Morgan fingerprint density at radius 1 is 1.07 bits per heavy atom. The van der Waals surface area contributed by atoms with E-state index in [9.17, 15) is 18.3 Å². The van der Waals surface area contributed by atoms with Gasteiger partial charge in [-0.15, -0.1) is 0 Å². The summed E-state index contributed by atoms with van der Waals surface area (Å²) in [5, 5.41) is 13.0. The Morgan fingerprint density at radius 3 is 2.43 bits per heavy atom. The molecule has 0 atom stereocenters. The van der Waals surface area contributed by atoms with Crippen molar-refractivity contribution in [2.45, 2.75) is 4.90 Å². The quantitative estimate of drug-likeness (QED) is 0.504. The van der Waals surface area contributed by atoms with Crippen molar-refractivity contribution in [1.29, 1.82) is 0 Å². The molecule has 144 valence electrons. The third-order valence-corrected chi connectivity index (χ3v) is 5.25. The summed E-state index contributed by atoms with van der Waals surface area (Å²) in [4.78, 5) is 19.9. The van der Waals surface area contributed by atoms with Gasteiger partial charge in [0.1, 0.15) is 5.75 Å². The van der Waals surface area contributed by atoms with Gasteiger partial charge in [-0.2, -0.15) is 0 Å². The Morgan fingerprint density at radius 2 is 1.75 bits per heavy atom. The Bertz CT molecular complexity index is 1090. The Kier molecular flexibility index (Phi) is 5.76. The van der Waals surface area contributed by atoms with Crippen LogP contribution in [-0.2, 0) is 10.0 Å². The lowest BCUT2D eigenvalue weighted by Crippen LogP contribution is -2.16. The highest BCUT2D eigenvalue weighted by atomic mass is 35.5. The van der Waals surface area contributed by atoms with E-state index in [-0.39, 0.29) is 34.5 Å². The van der Waals surface area contributed by atoms with Crippen molar-refractivity contribution in [3.63, 3.8) is 0 Å². The number of sulfonamides is 1. The smallest absolute Gasteiger partial charge is 0.264 e. The Balaban J connectivity index is 1.66. The SMILES string of the molecule is O=C(CNc1ccc(S(=O)(=O)Nc2ncccn2)cc1)c1cc(Cl)ccc1O. The first-order valence-electron chi connectivity index (χ1n) is 8.01. The van der Waals surface area contributed by atoms with Crippen molar-refractivity contribution in [2.75, 3.05) is 16.6 Å². The number of hydrogen-bond acceptors (Lipinski definition) is 7. The fraction of sp³-hybridized carbons (Fsp3) is 0.0556. The molecule has 10 heteroatoms. The predicted molar refractivity (Wildman–Crippen MR) is 105 cm³/mol. The molecule has 0 radical (unpaired) electrons. The molecular weight excluding hydrogens is 404 g/mol. The molecule has 0 saturated carbocycles. The fourth-order valence-corrected chi connectivity index (χ4v) is 3.42. The summed E-state index contributed by atoms with van der Waals surface area (Å²) in [6.07, 6.45) is 2.85. The van der Waals surface area contributed by atoms with E-state index in [4.69, 9.17) is 11.6 Å². The molecule has 1 aromatic heterocycles. The Hall–Kier alpha value is -3.17. The summed E-state index contributed by atoms with van der Waals surface area (Å²) >= 11 is 5.84. The zero-order chi connectivity index (χ0) is 20.1. The summed E-state index contributed by atoms with van der Waals surface area (Å²) in [6.45, 7) is -0.101. The number of rotatable bonds is 7. The first kappa shape index (κ1) is 19.6. The van der Waals surface area contributed by atoms with Crippen LogP contribution in [-0.4, -0.2) is 35.8 Å². The third-order valence-electron chi connectivity index (χ3n) is 3.67. The number of ketones is 1. The van der Waals surface area contributed by atoms with Gasteiger partial charge in [-0.3, -0.25) is 4.79 Å². The molecule has 0 aliphatic rings. The number of hydrogen-bond donors (Lipinski definition) is 3. The van der Waals surface area contributed by atoms with Crippen molar-refractivity contribution in [3.8, 4) is 5.75 Å². The van der Waals surface area contributed by atoms with E-state index >= 15 is 0 Å². The van der Waals surface area contributed by atoms with Crippen molar-refractivity contribution in [1.82, 2.24) is 9.97 Å². The van der Waals surface area contributed by atoms with Gasteiger partial charge in [0.05, 0.1) is 17.0 Å². The van der Waals surface area contributed by atoms with Gasteiger partial charge in [0.15, 0.2) is 5.78 Å². The molecule has 0 fully saturated rings. The summed E-state index contributed by atoms with van der Waals surface area (Å²) in [5.74, 6) is -0.553. The summed E-state index contributed by atoms with van der Waals surface area (Å²) in [6, 6.07) is 11.6. The first-order valence-corrected chi connectivity index (χ1v) is 9.87. The number of phenols is 1. The van der Waals surface area contributed by atoms with Crippen LogP contribution in [0.15, 0.2) is 65.8 Å². The van der Waals surface area contributed by atoms with Crippen LogP contribution in [0, 0.1) is 0 Å². The maximum absolute atomic E-state index is 12.3. The normalized spacial score (nSPS) is 11.0. The van der Waals surface area contributed by atoms with Crippen LogP contribution in [0.5, 0.6) is 5.75 Å². The average molecular weight is 419 g/mol. The predicted octanol–water partition coefficient (Wildman–Crippen LogP) is 2.93. The van der Waals surface area contributed by atoms with Crippen LogP contribution in [0.3, 0.4) is 0 Å². The zero-order valence-corrected chi connectivity index (χ0v) is 15.9. The molecule has 0 aliphatic carbocycles. The maximum Gasteiger partial charge on any atom is 0.264 e. The lowest BCUT2D eigenvalue weighted by Gasteiger charge is -2.09. The molecule has 0 bridgehead atoms. The lowest BCUT2D eigenvalue weighted by atomic mass is 10.1. The molecule has 3 N–H and O–H groups in total. The highest BCUT2D eigenvalue weighted by Crippen LogP contribution is 2.22. The molecule has 3 aromatic rings. The van der Waals surface area contributed by atoms with Gasteiger partial charge in [0, 0.05) is 23.1 Å². The molecule has 2 aromatic carbocycles. The van der Waals surface area contributed by atoms with E-state index in [1.165, 1.54) is 54.9 Å². The van der Waals surface area contributed by atoms with Gasteiger partial charge in [-0.05, 0) is 48.5 Å². The van der Waals surface area contributed by atoms with Crippen LogP contribution < -0.4 is 10.0 Å². The summed E-state index contributed by atoms with van der Waals surface area (Å²) < 4.78 is 26.9. The van der Waals surface area contributed by atoms with E-state index in [1.54, 1.807) is 6.07 Å². The molecular formula is C18H15ClN4O4S. The highest BCUT2D eigenvalue weighted by molar-refractivity contribution is 7.92. The third kappa shape index (κ3) is 4.76. The van der Waals surface area contributed by atoms with E-state index in [0.29, 0.717) is 10.7 Å². The minimum atomic E-state index is -3.83. The van der Waals surface area contributed by atoms with Gasteiger partial charge >= 0.3 is 0 Å². The number of benzene rings is 2. The van der Waals surface area contributed by atoms with Crippen LogP contribution in [0.25, 0.3) is 0 Å². The number of carbonyl (C=O) groups excluding carboxylic acids is 1. The number of nitrogens with zero attached hydrogens (tertiary/aromatic N) is 2. The molecule has 3 rings (SSSR count). The van der Waals surface area contributed by atoms with E-state index in [2.05, 4.69) is 20.0 Å². The van der Waals surface area contributed by atoms with Crippen LogP contribution in [0.1, 0.15) is 10.4 Å². The minimum absolute atomic E-state index is 0.0179. The van der Waals surface area contributed by atoms with E-state index in [1.807, 2.05) is 0 Å². The average Bonchev–Trinajstić information content (AvgIpc) is 2.69. The van der Waals surface area contributed by atoms with Crippen molar-refractivity contribution in [3.05, 3.63) is 71.5 Å². The Labute approximate surface area is 166 Å². The summed E-state index contributed by atoms with van der Waals surface area (Å²) in [7, 11) is -3.83. The molecule has 0 unspecified atom stereocenters. The second kappa shape index (κ2) is 8.24. The van der Waals surface area contributed by atoms with Crippen LogP contribution in [0.2, 0.25) is 5.02 Å². The van der Waals surface area contributed by atoms with Gasteiger partial charge in [0.2, 0.25) is 5.95 Å². The van der Waals surface area contributed by atoms with Gasteiger partial charge in [-0.25, -0.2) is 23.1 Å². The number of Topliss-reactive ketones (excluding diaryl/α,β-unsaturated/α-hetero) is 1. The molecule has 28 heavy (non-hydrogen) atoms. The number of aromatic nitrogens is 2. The zero-order valence-electron chi connectivity index (χ0n) is 14.3. The molecule has 1 heterocycles. The molecule has 0 aliphatic heterocycles. The standard InChI is InChI=1S/C18H15ClN4O4S/c19-12-2-7-16(24)15(10-12)17(25)11-22-13-3-5-14(6-4-13)28(26,27)23-18-20-8-1-9-21-18/h1-10,22,24H,11H2,(H,20,21,23). The number of aromatic hydroxyl groups is 1. The monoisotopic (exact) mass is 418 g/mol. The minimum Gasteiger partial charge on any atom is -0.507 e. The number of phenolic OH excluding ortho intramolecular Hbond substituents is 1. The second-order valence-corrected chi connectivity index (χ2v) is 7.76. The number of halogens is 1. The molecule has 0 saturated heterocycles. The number of nitrogens with one attached hydrogen (secondary N) is 2. The second-order valence-electron chi connectivity index (χ2n) is 5.64. The van der Waals surface area contributed by atoms with Gasteiger partial charge in [-0.1, -0.05) is 11.6 Å². The first-order chi connectivity index (χ1) is 13.3. The van der Waals surface area contributed by atoms with E-state index < -0.39 is 10.0 Å². The highest BCUT2D eigenvalue weighted by Gasteiger charge is 2.16.